The number of hydrogen-bond acceptors (Lipinski definition) is 5. The Kier molecular flexibility index (Phi) is 5.97. The van der Waals surface area contributed by atoms with Crippen molar-refractivity contribution in [2.75, 3.05) is 30.0 Å². The number of nitrogens with one attached hydrogen (secondary N) is 2. The summed E-state index contributed by atoms with van der Waals surface area (Å²) in [6.07, 6.45) is 5.83. The van der Waals surface area contributed by atoms with E-state index in [1.165, 1.54) is 11.8 Å². The van der Waals surface area contributed by atoms with E-state index in [0.717, 1.165) is 30.6 Å². The molecule has 1 amide bonds. The van der Waals surface area contributed by atoms with Crippen LogP contribution in [0.25, 0.3) is 0 Å². The molecule has 6 nitrogen and oxygen atoms in total. The number of aryl methyl sites for hydroxylation is 1. The van der Waals surface area contributed by atoms with Gasteiger partial charge in [0.05, 0.1) is 11.4 Å². The number of rotatable bonds is 6. The van der Waals surface area contributed by atoms with Crippen molar-refractivity contribution in [2.45, 2.75) is 44.0 Å². The number of anilines is 2. The van der Waals surface area contributed by atoms with Crippen molar-refractivity contribution in [2.24, 2.45) is 5.92 Å². The van der Waals surface area contributed by atoms with Crippen molar-refractivity contribution in [3.63, 3.8) is 0 Å². The molecule has 0 atom stereocenters. The normalized spacial score (nSPS) is 18.2. The second-order valence-electron chi connectivity index (χ2n) is 8.67. The van der Waals surface area contributed by atoms with Gasteiger partial charge in [0.1, 0.15) is 0 Å². The molecule has 7 heteroatoms. The van der Waals surface area contributed by atoms with E-state index in [-0.39, 0.29) is 11.8 Å². The molecule has 4 rings (SSSR count). The largest absolute Gasteiger partial charge is 0.348 e. The molecule has 2 aromatic rings. The first-order valence-corrected chi connectivity index (χ1v) is 13.0. The highest BCUT2D eigenvalue weighted by atomic mass is 32.2. The Bertz CT molecular complexity index is 1020. The number of unbranched alkanes of at least 4 members (excludes halogenated alkanes) is 1. The van der Waals surface area contributed by atoms with E-state index >= 15 is 0 Å². The van der Waals surface area contributed by atoms with Crippen LogP contribution in [-0.4, -0.2) is 43.6 Å². The SMILES string of the molecule is CCCCc1ccc(C(=O)N2CCC(C3(S(C)(=O)=O)Nc4ccccc4N3)CC2)cc1. The minimum Gasteiger partial charge on any atom is -0.348 e. The van der Waals surface area contributed by atoms with E-state index in [2.05, 4.69) is 17.6 Å². The standard InChI is InChI=1S/C24H31N3O3S/c1-3-4-7-18-10-12-19(13-11-18)23(28)27-16-14-20(15-17-27)24(31(2,29)30)25-21-8-5-6-9-22(21)26-24/h5-6,8-13,20,25-26H,3-4,7,14-17H2,1-2H3. The van der Waals surface area contributed by atoms with E-state index in [1.54, 1.807) is 0 Å². The van der Waals surface area contributed by atoms with Crippen LogP contribution in [0.4, 0.5) is 11.4 Å². The fourth-order valence-corrected chi connectivity index (χ4v) is 6.12. The zero-order valence-electron chi connectivity index (χ0n) is 18.2. The average Bonchev–Trinajstić information content (AvgIpc) is 3.19. The summed E-state index contributed by atoms with van der Waals surface area (Å²) in [5, 5.41) is 6.51. The molecule has 0 bridgehead atoms. The fourth-order valence-electron chi connectivity index (χ4n) is 4.69. The first-order chi connectivity index (χ1) is 14.8. The first-order valence-electron chi connectivity index (χ1n) is 11.1. The van der Waals surface area contributed by atoms with E-state index in [4.69, 9.17) is 0 Å². The Morgan fingerprint density at radius 3 is 2.13 bits per heavy atom. The van der Waals surface area contributed by atoms with Crippen LogP contribution in [0.2, 0.25) is 0 Å². The van der Waals surface area contributed by atoms with Crippen LogP contribution in [0.15, 0.2) is 48.5 Å². The minimum atomic E-state index is -3.46. The molecular formula is C24H31N3O3S. The lowest BCUT2D eigenvalue weighted by atomic mass is 9.92. The maximum absolute atomic E-state index is 13.0. The highest BCUT2D eigenvalue weighted by molar-refractivity contribution is 7.92. The first kappa shape index (κ1) is 21.7. The summed E-state index contributed by atoms with van der Waals surface area (Å²) in [5.74, 6) is -0.125. The summed E-state index contributed by atoms with van der Waals surface area (Å²) < 4.78 is 25.7. The van der Waals surface area contributed by atoms with Crippen LogP contribution in [0.1, 0.15) is 48.5 Å². The molecule has 0 spiro atoms. The van der Waals surface area contributed by atoms with Gasteiger partial charge in [-0.15, -0.1) is 0 Å². The molecule has 0 aliphatic carbocycles. The molecule has 31 heavy (non-hydrogen) atoms. The van der Waals surface area contributed by atoms with Gasteiger partial charge >= 0.3 is 0 Å². The lowest BCUT2D eigenvalue weighted by molar-refractivity contribution is 0.0679. The highest BCUT2D eigenvalue weighted by Gasteiger charge is 2.52. The molecule has 1 fully saturated rings. The maximum atomic E-state index is 13.0. The number of hydrogen-bond donors (Lipinski definition) is 2. The van der Waals surface area contributed by atoms with Gasteiger partial charge in [0.15, 0.2) is 9.84 Å². The number of benzene rings is 2. The number of para-hydroxylation sites is 2. The summed E-state index contributed by atoms with van der Waals surface area (Å²) in [6.45, 7) is 3.25. The Morgan fingerprint density at radius 2 is 1.61 bits per heavy atom. The minimum absolute atomic E-state index is 0.0181. The average molecular weight is 442 g/mol. The number of carbonyl (C=O) groups is 1. The zero-order valence-corrected chi connectivity index (χ0v) is 19.0. The van der Waals surface area contributed by atoms with Gasteiger partial charge in [-0.25, -0.2) is 8.42 Å². The van der Waals surface area contributed by atoms with Crippen molar-refractivity contribution in [3.8, 4) is 0 Å². The van der Waals surface area contributed by atoms with Crippen LogP contribution in [0.5, 0.6) is 0 Å². The van der Waals surface area contributed by atoms with Gasteiger partial charge in [0.2, 0.25) is 4.99 Å². The van der Waals surface area contributed by atoms with Gasteiger partial charge in [-0.2, -0.15) is 0 Å². The second kappa shape index (κ2) is 8.54. The quantitative estimate of drug-likeness (QED) is 0.705. The summed E-state index contributed by atoms with van der Waals surface area (Å²) in [6, 6.07) is 15.5. The lowest BCUT2D eigenvalue weighted by Crippen LogP contribution is -2.58. The summed E-state index contributed by atoms with van der Waals surface area (Å²) in [5.41, 5.74) is 3.55. The number of likely N-dealkylation sites (tertiary alicyclic amines) is 1. The van der Waals surface area contributed by atoms with Crippen LogP contribution in [0, 0.1) is 5.92 Å². The number of piperidine rings is 1. The molecule has 0 unspecified atom stereocenters. The van der Waals surface area contributed by atoms with E-state index in [9.17, 15) is 13.2 Å². The van der Waals surface area contributed by atoms with Crippen molar-refractivity contribution >= 4 is 27.1 Å². The molecular weight excluding hydrogens is 410 g/mol. The molecule has 2 aromatic carbocycles. The van der Waals surface area contributed by atoms with Crippen molar-refractivity contribution in [3.05, 3.63) is 59.7 Å². The highest BCUT2D eigenvalue weighted by Crippen LogP contribution is 2.43. The number of amides is 1. The van der Waals surface area contributed by atoms with Crippen molar-refractivity contribution in [1.82, 2.24) is 4.90 Å². The van der Waals surface area contributed by atoms with Gasteiger partial charge in [-0.3, -0.25) is 4.79 Å². The zero-order chi connectivity index (χ0) is 22.1. The van der Waals surface area contributed by atoms with Gasteiger partial charge in [0.25, 0.3) is 5.91 Å². The molecule has 0 aromatic heterocycles. The Hall–Kier alpha value is -2.54. The number of carbonyl (C=O) groups excluding carboxylic acids is 1. The van der Waals surface area contributed by atoms with E-state index in [0.29, 0.717) is 31.5 Å². The van der Waals surface area contributed by atoms with E-state index in [1.807, 2.05) is 53.4 Å². The molecule has 0 radical (unpaired) electrons. The number of nitrogens with zero attached hydrogens (tertiary/aromatic N) is 1. The third-order valence-electron chi connectivity index (χ3n) is 6.53. The van der Waals surface area contributed by atoms with Gasteiger partial charge in [0, 0.05) is 30.8 Å². The third-order valence-corrected chi connectivity index (χ3v) is 8.24. The molecule has 0 saturated carbocycles. The maximum Gasteiger partial charge on any atom is 0.253 e. The van der Waals surface area contributed by atoms with Crippen molar-refractivity contribution < 1.29 is 13.2 Å². The van der Waals surface area contributed by atoms with Crippen LogP contribution in [0.3, 0.4) is 0 Å². The van der Waals surface area contributed by atoms with E-state index < -0.39 is 14.8 Å². The summed E-state index contributed by atoms with van der Waals surface area (Å²) >= 11 is 0. The van der Waals surface area contributed by atoms with Gasteiger partial charge in [-0.1, -0.05) is 37.6 Å². The monoisotopic (exact) mass is 441 g/mol. The fraction of sp³-hybridized carbons (Fsp3) is 0.458. The van der Waals surface area contributed by atoms with Crippen LogP contribution < -0.4 is 10.6 Å². The summed E-state index contributed by atoms with van der Waals surface area (Å²) in [4.78, 5) is 13.6. The van der Waals surface area contributed by atoms with Crippen LogP contribution in [-0.2, 0) is 16.3 Å². The molecule has 2 aliphatic heterocycles. The van der Waals surface area contributed by atoms with Crippen molar-refractivity contribution in [1.29, 1.82) is 0 Å². The predicted octanol–water partition coefficient (Wildman–Crippen LogP) is 4.12. The van der Waals surface area contributed by atoms with Gasteiger partial charge < -0.3 is 15.5 Å². The third kappa shape index (κ3) is 4.15. The smallest absolute Gasteiger partial charge is 0.253 e. The van der Waals surface area contributed by atoms with Gasteiger partial charge in [-0.05, 0) is 55.5 Å². The summed E-state index contributed by atoms with van der Waals surface area (Å²) in [7, 11) is -3.46. The van der Waals surface area contributed by atoms with Crippen LogP contribution >= 0.6 is 0 Å². The predicted molar refractivity (Wildman–Crippen MR) is 125 cm³/mol. The lowest BCUT2D eigenvalue weighted by Gasteiger charge is -2.41. The Labute approximate surface area is 185 Å². The molecule has 2 heterocycles. The molecule has 1 saturated heterocycles. The Balaban J connectivity index is 1.44. The topological polar surface area (TPSA) is 78.5 Å². The molecule has 2 N–H and O–H groups in total. The molecule has 2 aliphatic rings. The Morgan fingerprint density at radius 1 is 1.03 bits per heavy atom. The number of fused-ring (bicyclic) bond motifs is 1. The molecule has 166 valence electrons. The number of sulfone groups is 1. The second-order valence-corrected chi connectivity index (χ2v) is 10.9.